The van der Waals surface area contributed by atoms with E-state index in [9.17, 15) is 5.11 Å². The first kappa shape index (κ1) is 12.8. The molecule has 1 aliphatic rings. The van der Waals surface area contributed by atoms with Crippen molar-refractivity contribution in [3.8, 4) is 0 Å². The van der Waals surface area contributed by atoms with Gasteiger partial charge in [0.05, 0.1) is 17.2 Å². The lowest BCUT2D eigenvalue weighted by Gasteiger charge is -2.29. The van der Waals surface area contributed by atoms with Gasteiger partial charge < -0.3 is 10.4 Å². The summed E-state index contributed by atoms with van der Waals surface area (Å²) in [6.07, 6.45) is 3.91. The monoisotopic (exact) mass is 274 g/mol. The molecule has 3 nitrogen and oxygen atoms in total. The van der Waals surface area contributed by atoms with E-state index in [2.05, 4.69) is 28.5 Å². The zero-order valence-electron chi connectivity index (χ0n) is 11.0. The number of nitrogens with one attached hydrogen (secondary N) is 1. The van der Waals surface area contributed by atoms with Gasteiger partial charge in [-0.15, -0.1) is 11.3 Å². The molecule has 1 heterocycles. The number of hydrogen-bond donors (Lipinski definition) is 2. The van der Waals surface area contributed by atoms with Crippen LogP contribution in [0.15, 0.2) is 30.5 Å². The van der Waals surface area contributed by atoms with Crippen LogP contribution >= 0.6 is 11.3 Å². The van der Waals surface area contributed by atoms with E-state index in [1.807, 2.05) is 19.2 Å². The van der Waals surface area contributed by atoms with E-state index < -0.39 is 0 Å². The molecule has 0 spiro atoms. The first-order valence-electron chi connectivity index (χ1n) is 6.59. The number of hydrogen-bond acceptors (Lipinski definition) is 4. The maximum atomic E-state index is 9.87. The van der Waals surface area contributed by atoms with Crippen molar-refractivity contribution in [1.82, 2.24) is 10.3 Å². The van der Waals surface area contributed by atoms with Crippen LogP contribution in [0.3, 0.4) is 0 Å². The molecular formula is C15H18N2OS. The van der Waals surface area contributed by atoms with Crippen LogP contribution in [0.5, 0.6) is 0 Å². The highest BCUT2D eigenvalue weighted by Gasteiger charge is 2.37. The normalized spacial score (nSPS) is 21.6. The van der Waals surface area contributed by atoms with E-state index in [1.165, 1.54) is 16.0 Å². The summed E-state index contributed by atoms with van der Waals surface area (Å²) in [5.41, 5.74) is 2.32. The average Bonchev–Trinajstić information content (AvgIpc) is 3.01. The topological polar surface area (TPSA) is 45.2 Å². The first-order chi connectivity index (χ1) is 9.23. The van der Waals surface area contributed by atoms with Crippen LogP contribution in [0.1, 0.15) is 27.4 Å². The molecule has 2 aromatic rings. The van der Waals surface area contributed by atoms with Gasteiger partial charge in [-0.3, -0.25) is 0 Å². The van der Waals surface area contributed by atoms with E-state index in [0.717, 1.165) is 24.4 Å². The zero-order valence-corrected chi connectivity index (χ0v) is 11.8. The maximum Gasteiger partial charge on any atom is 0.0897 e. The summed E-state index contributed by atoms with van der Waals surface area (Å²) in [6.45, 7) is 2.92. The van der Waals surface area contributed by atoms with Crippen LogP contribution in [0.4, 0.5) is 0 Å². The number of thiazole rings is 1. The van der Waals surface area contributed by atoms with Crippen molar-refractivity contribution in [1.29, 1.82) is 0 Å². The Labute approximate surface area is 117 Å². The van der Waals surface area contributed by atoms with Crippen molar-refractivity contribution in [2.75, 3.05) is 6.61 Å². The summed E-state index contributed by atoms with van der Waals surface area (Å²) in [4.78, 5) is 5.49. The summed E-state index contributed by atoms with van der Waals surface area (Å²) in [6, 6.07) is 8.40. The maximum absolute atomic E-state index is 9.87. The lowest BCUT2D eigenvalue weighted by atomic mass is 9.92. The van der Waals surface area contributed by atoms with Crippen molar-refractivity contribution in [3.63, 3.8) is 0 Å². The Morgan fingerprint density at radius 1 is 1.42 bits per heavy atom. The minimum atomic E-state index is -0.283. The minimum absolute atomic E-state index is 0.141. The second-order valence-electron chi connectivity index (χ2n) is 5.10. The molecular weight excluding hydrogens is 256 g/mol. The van der Waals surface area contributed by atoms with Gasteiger partial charge in [-0.25, -0.2) is 4.98 Å². The molecule has 0 saturated carbocycles. The Morgan fingerprint density at radius 2 is 2.26 bits per heavy atom. The zero-order chi connectivity index (χ0) is 13.3. The fraction of sp³-hybridized carbons (Fsp3) is 0.400. The fourth-order valence-electron chi connectivity index (χ4n) is 2.83. The standard InChI is InChI=1S/C15H18N2OS/c1-11-16-8-13(19-11)9-17-15(10-18)7-6-12-4-2-3-5-14(12)15/h2-5,8,17-18H,6-7,9-10H2,1H3. The molecule has 19 heavy (non-hydrogen) atoms. The fourth-order valence-corrected chi connectivity index (χ4v) is 3.57. The predicted molar refractivity (Wildman–Crippen MR) is 77.2 cm³/mol. The highest BCUT2D eigenvalue weighted by Crippen LogP contribution is 2.36. The van der Waals surface area contributed by atoms with Crippen molar-refractivity contribution >= 4 is 11.3 Å². The van der Waals surface area contributed by atoms with E-state index >= 15 is 0 Å². The summed E-state index contributed by atoms with van der Waals surface area (Å²) in [5.74, 6) is 0. The minimum Gasteiger partial charge on any atom is -0.394 e. The Balaban J connectivity index is 1.81. The molecule has 0 saturated heterocycles. The molecule has 4 heteroatoms. The molecule has 3 rings (SSSR count). The lowest BCUT2D eigenvalue weighted by Crippen LogP contribution is -2.43. The summed E-state index contributed by atoms with van der Waals surface area (Å²) in [7, 11) is 0. The number of aromatic nitrogens is 1. The Morgan fingerprint density at radius 3 is 3.00 bits per heavy atom. The van der Waals surface area contributed by atoms with Crippen molar-refractivity contribution < 1.29 is 5.11 Å². The van der Waals surface area contributed by atoms with E-state index in [0.29, 0.717) is 0 Å². The van der Waals surface area contributed by atoms with E-state index in [1.54, 1.807) is 11.3 Å². The third-order valence-corrected chi connectivity index (χ3v) is 4.81. The van der Waals surface area contributed by atoms with Crippen molar-refractivity contribution in [2.45, 2.75) is 31.8 Å². The van der Waals surface area contributed by atoms with Gasteiger partial charge >= 0.3 is 0 Å². The number of fused-ring (bicyclic) bond motifs is 1. The van der Waals surface area contributed by atoms with Crippen LogP contribution in [0, 0.1) is 6.92 Å². The number of aryl methyl sites for hydroxylation is 2. The van der Waals surface area contributed by atoms with Gasteiger partial charge in [0.1, 0.15) is 0 Å². The molecule has 1 aromatic heterocycles. The van der Waals surface area contributed by atoms with Crippen molar-refractivity contribution in [2.24, 2.45) is 0 Å². The van der Waals surface area contributed by atoms with Crippen LogP contribution in [0.2, 0.25) is 0 Å². The third kappa shape index (κ3) is 2.31. The summed E-state index contributed by atoms with van der Waals surface area (Å²) in [5, 5.41) is 14.5. The molecule has 2 N–H and O–H groups in total. The van der Waals surface area contributed by atoms with Gasteiger partial charge in [0.2, 0.25) is 0 Å². The van der Waals surface area contributed by atoms with Crippen LogP contribution < -0.4 is 5.32 Å². The molecule has 0 aliphatic heterocycles. The third-order valence-electron chi connectivity index (χ3n) is 3.89. The Kier molecular flexibility index (Phi) is 3.39. The summed E-state index contributed by atoms with van der Waals surface area (Å²) >= 11 is 1.71. The second kappa shape index (κ2) is 5.04. The molecule has 1 aliphatic carbocycles. The van der Waals surface area contributed by atoms with Crippen molar-refractivity contribution in [3.05, 3.63) is 51.5 Å². The van der Waals surface area contributed by atoms with Crippen LogP contribution in [-0.4, -0.2) is 16.7 Å². The van der Waals surface area contributed by atoms with Crippen LogP contribution in [0.25, 0.3) is 0 Å². The van der Waals surface area contributed by atoms with Gasteiger partial charge in [0.15, 0.2) is 0 Å². The van der Waals surface area contributed by atoms with E-state index in [-0.39, 0.29) is 12.1 Å². The summed E-state index contributed by atoms with van der Waals surface area (Å²) < 4.78 is 0. The molecule has 0 fully saturated rings. The number of benzene rings is 1. The van der Waals surface area contributed by atoms with Gasteiger partial charge in [0.25, 0.3) is 0 Å². The van der Waals surface area contributed by atoms with Crippen LogP contribution in [-0.2, 0) is 18.5 Å². The molecule has 0 bridgehead atoms. The number of aliphatic hydroxyl groups is 1. The number of nitrogens with zero attached hydrogens (tertiary/aromatic N) is 1. The van der Waals surface area contributed by atoms with Gasteiger partial charge in [0, 0.05) is 17.6 Å². The number of rotatable bonds is 4. The Hall–Kier alpha value is -1.23. The van der Waals surface area contributed by atoms with Gasteiger partial charge in [-0.05, 0) is 30.9 Å². The highest BCUT2D eigenvalue weighted by molar-refractivity contribution is 7.11. The largest absolute Gasteiger partial charge is 0.394 e. The predicted octanol–water partition coefficient (Wildman–Crippen LogP) is 2.38. The Bertz CT molecular complexity index is 581. The average molecular weight is 274 g/mol. The molecule has 1 unspecified atom stereocenters. The first-order valence-corrected chi connectivity index (χ1v) is 7.41. The molecule has 1 aromatic carbocycles. The second-order valence-corrected chi connectivity index (χ2v) is 6.42. The highest BCUT2D eigenvalue weighted by atomic mass is 32.1. The quantitative estimate of drug-likeness (QED) is 0.899. The van der Waals surface area contributed by atoms with E-state index in [4.69, 9.17) is 0 Å². The SMILES string of the molecule is Cc1ncc(CNC2(CO)CCc3ccccc32)s1. The van der Waals surface area contributed by atoms with Gasteiger partial charge in [-0.1, -0.05) is 24.3 Å². The smallest absolute Gasteiger partial charge is 0.0897 e. The molecule has 100 valence electrons. The molecule has 1 atom stereocenters. The molecule has 0 radical (unpaired) electrons. The van der Waals surface area contributed by atoms with Gasteiger partial charge in [-0.2, -0.15) is 0 Å². The number of aliphatic hydroxyl groups excluding tert-OH is 1. The molecule has 0 amide bonds. The lowest BCUT2D eigenvalue weighted by molar-refractivity contribution is 0.159.